The Kier molecular flexibility index (Phi) is 8.24. The van der Waals surface area contributed by atoms with Crippen LogP contribution in [0.25, 0.3) is 0 Å². The van der Waals surface area contributed by atoms with E-state index in [4.69, 9.17) is 0 Å². The third-order valence-corrected chi connectivity index (χ3v) is 6.22. The fraction of sp³-hybridized carbons (Fsp3) is 0.462. The van der Waals surface area contributed by atoms with Gasteiger partial charge in [-0.05, 0) is 50.4 Å². The summed E-state index contributed by atoms with van der Waals surface area (Å²) >= 11 is 0. The molecule has 2 amide bonds. The van der Waals surface area contributed by atoms with Gasteiger partial charge in [0.25, 0.3) is 0 Å². The number of likely N-dealkylation sites (tertiary alicyclic amines) is 1. The third-order valence-electron chi connectivity index (χ3n) is 6.22. The van der Waals surface area contributed by atoms with Gasteiger partial charge in [-0.25, -0.2) is 0 Å². The van der Waals surface area contributed by atoms with Crippen molar-refractivity contribution in [2.75, 3.05) is 20.1 Å². The zero-order chi connectivity index (χ0) is 22.2. The highest BCUT2D eigenvalue weighted by atomic mass is 16.2. The van der Waals surface area contributed by atoms with Gasteiger partial charge in [0.05, 0.1) is 12.3 Å². The molecule has 1 fully saturated rings. The van der Waals surface area contributed by atoms with Crippen LogP contribution in [0.4, 0.5) is 0 Å². The largest absolute Gasteiger partial charge is 0.352 e. The second-order valence-corrected chi connectivity index (χ2v) is 8.84. The van der Waals surface area contributed by atoms with E-state index >= 15 is 0 Å². The minimum Gasteiger partial charge on any atom is -0.352 e. The Bertz CT molecular complexity index is 866. The number of hydrogen-bond donors (Lipinski definition) is 1. The van der Waals surface area contributed by atoms with Gasteiger partial charge in [0.2, 0.25) is 11.8 Å². The SMILES string of the molecule is CC(C)N(C)Cc1ccccc1CNC(=O)C1CCCN(C(=O)Cc2ccccc2)C1. The molecular formula is C26H35N3O2. The summed E-state index contributed by atoms with van der Waals surface area (Å²) in [6, 6.07) is 18.5. The number of hydrogen-bond acceptors (Lipinski definition) is 3. The summed E-state index contributed by atoms with van der Waals surface area (Å²) in [4.78, 5) is 29.7. The number of amides is 2. The number of nitrogens with one attached hydrogen (secondary N) is 1. The lowest BCUT2D eigenvalue weighted by Gasteiger charge is -2.32. The van der Waals surface area contributed by atoms with Crippen molar-refractivity contribution in [3.05, 3.63) is 71.3 Å². The van der Waals surface area contributed by atoms with Crippen molar-refractivity contribution in [3.63, 3.8) is 0 Å². The minimum atomic E-state index is -0.140. The van der Waals surface area contributed by atoms with Gasteiger partial charge in [-0.1, -0.05) is 54.6 Å². The van der Waals surface area contributed by atoms with Gasteiger partial charge in [-0.15, -0.1) is 0 Å². The molecule has 0 spiro atoms. The number of nitrogens with zero attached hydrogens (tertiary/aromatic N) is 2. The van der Waals surface area contributed by atoms with Crippen molar-refractivity contribution in [3.8, 4) is 0 Å². The first-order chi connectivity index (χ1) is 14.9. The van der Waals surface area contributed by atoms with E-state index < -0.39 is 0 Å². The van der Waals surface area contributed by atoms with Crippen molar-refractivity contribution < 1.29 is 9.59 Å². The van der Waals surface area contributed by atoms with E-state index in [1.807, 2.05) is 47.4 Å². The van der Waals surface area contributed by atoms with Crippen LogP contribution in [-0.2, 0) is 29.1 Å². The Balaban J connectivity index is 1.54. The van der Waals surface area contributed by atoms with Crippen LogP contribution in [-0.4, -0.2) is 47.8 Å². The molecule has 0 radical (unpaired) electrons. The van der Waals surface area contributed by atoms with Crippen LogP contribution in [0.1, 0.15) is 43.4 Å². The van der Waals surface area contributed by atoms with E-state index in [2.05, 4.69) is 43.2 Å². The molecule has 1 N–H and O–H groups in total. The van der Waals surface area contributed by atoms with Crippen molar-refractivity contribution in [2.24, 2.45) is 5.92 Å². The summed E-state index contributed by atoms with van der Waals surface area (Å²) in [5.74, 6) is 0.00831. The van der Waals surface area contributed by atoms with Crippen LogP contribution in [0, 0.1) is 5.92 Å². The molecule has 1 atom stereocenters. The number of piperidine rings is 1. The van der Waals surface area contributed by atoms with Crippen LogP contribution in [0.3, 0.4) is 0 Å². The maximum atomic E-state index is 12.9. The van der Waals surface area contributed by atoms with Gasteiger partial charge in [0, 0.05) is 32.2 Å². The number of rotatable bonds is 8. The normalized spacial score (nSPS) is 16.5. The Morgan fingerprint density at radius 2 is 1.74 bits per heavy atom. The van der Waals surface area contributed by atoms with Gasteiger partial charge >= 0.3 is 0 Å². The van der Waals surface area contributed by atoms with Gasteiger partial charge in [0.1, 0.15) is 0 Å². The molecule has 1 saturated heterocycles. The monoisotopic (exact) mass is 421 g/mol. The van der Waals surface area contributed by atoms with Crippen LogP contribution in [0.5, 0.6) is 0 Å². The lowest BCUT2D eigenvalue weighted by Crippen LogP contribution is -2.45. The van der Waals surface area contributed by atoms with E-state index in [9.17, 15) is 9.59 Å². The van der Waals surface area contributed by atoms with E-state index in [-0.39, 0.29) is 17.7 Å². The fourth-order valence-corrected chi connectivity index (χ4v) is 3.96. The Morgan fingerprint density at radius 3 is 2.45 bits per heavy atom. The average molecular weight is 422 g/mol. The molecule has 1 unspecified atom stereocenters. The van der Waals surface area contributed by atoms with Crippen molar-refractivity contribution in [2.45, 2.75) is 52.2 Å². The zero-order valence-corrected chi connectivity index (χ0v) is 19.0. The van der Waals surface area contributed by atoms with Gasteiger partial charge in [-0.2, -0.15) is 0 Å². The molecule has 5 nitrogen and oxygen atoms in total. The molecule has 1 aliphatic heterocycles. The highest BCUT2D eigenvalue weighted by molar-refractivity contribution is 5.82. The summed E-state index contributed by atoms with van der Waals surface area (Å²) < 4.78 is 0. The quantitative estimate of drug-likeness (QED) is 0.708. The number of carbonyl (C=O) groups excluding carboxylic acids is 2. The summed E-state index contributed by atoms with van der Waals surface area (Å²) in [6.45, 7) is 6.98. The first-order valence-electron chi connectivity index (χ1n) is 11.3. The summed E-state index contributed by atoms with van der Waals surface area (Å²) in [7, 11) is 2.11. The van der Waals surface area contributed by atoms with Gasteiger partial charge in [0.15, 0.2) is 0 Å². The molecule has 0 aliphatic carbocycles. The fourth-order valence-electron chi connectivity index (χ4n) is 3.96. The molecule has 166 valence electrons. The maximum absolute atomic E-state index is 12.9. The lowest BCUT2D eigenvalue weighted by atomic mass is 9.96. The Labute approximate surface area is 186 Å². The molecule has 3 rings (SSSR count). The number of carbonyl (C=O) groups is 2. The van der Waals surface area contributed by atoms with E-state index in [0.717, 1.165) is 37.1 Å². The molecule has 1 heterocycles. The van der Waals surface area contributed by atoms with E-state index in [1.165, 1.54) is 5.56 Å². The van der Waals surface area contributed by atoms with Crippen LogP contribution in [0.15, 0.2) is 54.6 Å². The van der Waals surface area contributed by atoms with E-state index in [1.54, 1.807) is 0 Å². The van der Waals surface area contributed by atoms with Crippen molar-refractivity contribution in [1.82, 2.24) is 15.1 Å². The van der Waals surface area contributed by atoms with Crippen LogP contribution >= 0.6 is 0 Å². The van der Waals surface area contributed by atoms with Crippen LogP contribution < -0.4 is 5.32 Å². The first kappa shape index (κ1) is 23.0. The molecule has 2 aromatic rings. The predicted octanol–water partition coefficient (Wildman–Crippen LogP) is 3.62. The lowest BCUT2D eigenvalue weighted by molar-refractivity contribution is -0.135. The zero-order valence-electron chi connectivity index (χ0n) is 19.0. The Hall–Kier alpha value is -2.66. The first-order valence-corrected chi connectivity index (χ1v) is 11.3. The molecule has 2 aromatic carbocycles. The maximum Gasteiger partial charge on any atom is 0.227 e. The van der Waals surface area contributed by atoms with Crippen LogP contribution in [0.2, 0.25) is 0 Å². The highest BCUT2D eigenvalue weighted by Gasteiger charge is 2.28. The second-order valence-electron chi connectivity index (χ2n) is 8.84. The van der Waals surface area contributed by atoms with Crippen molar-refractivity contribution in [1.29, 1.82) is 0 Å². The van der Waals surface area contributed by atoms with Gasteiger partial charge in [-0.3, -0.25) is 14.5 Å². The summed E-state index contributed by atoms with van der Waals surface area (Å²) in [6.07, 6.45) is 2.10. The summed E-state index contributed by atoms with van der Waals surface area (Å²) in [5.41, 5.74) is 3.40. The molecule has 0 saturated carbocycles. The highest BCUT2D eigenvalue weighted by Crippen LogP contribution is 2.19. The minimum absolute atomic E-state index is 0.0456. The molecule has 5 heteroatoms. The molecule has 31 heavy (non-hydrogen) atoms. The smallest absolute Gasteiger partial charge is 0.227 e. The summed E-state index contributed by atoms with van der Waals surface area (Å²) in [5, 5.41) is 3.13. The van der Waals surface area contributed by atoms with Gasteiger partial charge < -0.3 is 10.2 Å². The second kappa shape index (κ2) is 11.1. The predicted molar refractivity (Wildman–Crippen MR) is 124 cm³/mol. The standard InChI is InChI=1S/C26H35N3O2/c1-20(2)28(3)18-23-13-8-7-12-22(23)17-27-26(31)24-14-9-15-29(19-24)25(30)16-21-10-5-4-6-11-21/h4-8,10-13,20,24H,9,14-19H2,1-3H3,(H,27,31). The molecule has 0 aromatic heterocycles. The van der Waals surface area contributed by atoms with E-state index in [0.29, 0.717) is 25.6 Å². The molecule has 0 bridgehead atoms. The number of benzene rings is 2. The topological polar surface area (TPSA) is 52.7 Å². The molecule has 1 aliphatic rings. The molecular weight excluding hydrogens is 386 g/mol. The third kappa shape index (κ3) is 6.66. The average Bonchev–Trinajstić information content (AvgIpc) is 2.79. The Morgan fingerprint density at radius 1 is 1.06 bits per heavy atom. The van der Waals surface area contributed by atoms with Crippen molar-refractivity contribution >= 4 is 11.8 Å².